The zero-order valence-corrected chi connectivity index (χ0v) is 5.56. The first-order valence-electron chi connectivity index (χ1n) is 3.16. The molecule has 0 radical (unpaired) electrons. The monoisotopic (exact) mass is 130 g/mol. The van der Waals surface area contributed by atoms with Crippen LogP contribution in [0.2, 0.25) is 0 Å². The summed E-state index contributed by atoms with van der Waals surface area (Å²) in [4.78, 5) is 9.56. The summed E-state index contributed by atoms with van der Waals surface area (Å²) in [5.74, 6) is 1.43. The molecule has 0 aromatic carbocycles. The summed E-state index contributed by atoms with van der Waals surface area (Å²) < 4.78 is 12.3. The van der Waals surface area contributed by atoms with E-state index in [0.29, 0.717) is 6.42 Å². The molecule has 1 nitrogen and oxygen atoms in total. The quantitative estimate of drug-likeness (QED) is 0.531. The van der Waals surface area contributed by atoms with E-state index in [4.69, 9.17) is 0 Å². The molecule has 0 aromatic heterocycles. The highest BCUT2D eigenvalue weighted by Crippen LogP contribution is 2.03. The van der Waals surface area contributed by atoms with Crippen LogP contribution < -0.4 is 0 Å². The van der Waals surface area contributed by atoms with Crippen molar-refractivity contribution in [2.75, 3.05) is 0 Å². The molecule has 0 fully saturated rings. The van der Waals surface area contributed by atoms with E-state index in [-0.39, 0.29) is 0 Å². The van der Waals surface area contributed by atoms with Crippen LogP contribution in [-0.4, -0.2) is 12.1 Å². The molecule has 0 amide bonds. The van der Waals surface area contributed by atoms with Gasteiger partial charge in [0.25, 0.3) is 0 Å². The number of halogens is 1. The van der Waals surface area contributed by atoms with E-state index < -0.39 is 6.17 Å². The number of carbonyl (C=O) groups excluding carboxylic acids is 1. The zero-order valence-electron chi connectivity index (χ0n) is 5.56. The Kier molecular flexibility index (Phi) is 5.14. The molecule has 0 aliphatic carbocycles. The minimum Gasteiger partial charge on any atom is -0.242 e. The van der Waals surface area contributed by atoms with Crippen LogP contribution >= 0.6 is 0 Å². The van der Waals surface area contributed by atoms with E-state index in [1.807, 2.05) is 6.92 Å². The second-order valence-electron chi connectivity index (χ2n) is 1.94. The van der Waals surface area contributed by atoms with Crippen molar-refractivity contribution in [3.63, 3.8) is 0 Å². The highest BCUT2D eigenvalue weighted by Gasteiger charge is 1.98. The van der Waals surface area contributed by atoms with Crippen molar-refractivity contribution >= 4 is 5.94 Å². The van der Waals surface area contributed by atoms with Gasteiger partial charge in [-0.1, -0.05) is 19.8 Å². The fourth-order valence-electron chi connectivity index (χ4n) is 0.556. The molecule has 0 N–H and O–H groups in total. The maximum absolute atomic E-state index is 12.3. The number of hydrogen-bond donors (Lipinski definition) is 0. The summed E-state index contributed by atoms with van der Waals surface area (Å²) >= 11 is 0. The van der Waals surface area contributed by atoms with Crippen molar-refractivity contribution in [3.8, 4) is 0 Å². The fraction of sp³-hybridized carbons (Fsp3) is 0.714. The van der Waals surface area contributed by atoms with Gasteiger partial charge in [-0.3, -0.25) is 0 Å². The number of rotatable bonds is 4. The van der Waals surface area contributed by atoms with Gasteiger partial charge in [0.1, 0.15) is 12.1 Å². The highest BCUT2D eigenvalue weighted by atomic mass is 19.1. The molecule has 0 saturated carbocycles. The van der Waals surface area contributed by atoms with Crippen LogP contribution in [0.5, 0.6) is 0 Å². The lowest BCUT2D eigenvalue weighted by Crippen LogP contribution is -1.93. The van der Waals surface area contributed by atoms with E-state index in [0.717, 1.165) is 18.9 Å². The Morgan fingerprint density at radius 1 is 1.78 bits per heavy atom. The Balaban J connectivity index is 3.26. The zero-order chi connectivity index (χ0) is 7.11. The van der Waals surface area contributed by atoms with Crippen molar-refractivity contribution in [1.29, 1.82) is 0 Å². The summed E-state index contributed by atoms with van der Waals surface area (Å²) in [6, 6.07) is 0. The summed E-state index contributed by atoms with van der Waals surface area (Å²) in [6.07, 6.45) is 2.09. The van der Waals surface area contributed by atoms with Gasteiger partial charge in [0.05, 0.1) is 0 Å². The molecular formula is C7H11FO. The van der Waals surface area contributed by atoms with Gasteiger partial charge in [0.2, 0.25) is 0 Å². The van der Waals surface area contributed by atoms with Crippen LogP contribution in [-0.2, 0) is 4.79 Å². The Morgan fingerprint density at radius 3 is 2.89 bits per heavy atom. The number of alkyl halides is 1. The third kappa shape index (κ3) is 5.25. The van der Waals surface area contributed by atoms with Gasteiger partial charge in [-0.2, -0.15) is 0 Å². The third-order valence-corrected chi connectivity index (χ3v) is 1.08. The molecule has 0 bridgehead atoms. The molecule has 0 aliphatic rings. The molecule has 1 atom stereocenters. The summed E-state index contributed by atoms with van der Waals surface area (Å²) in [5.41, 5.74) is 0. The number of unbranched alkanes of at least 4 members (excludes halogenated alkanes) is 1. The van der Waals surface area contributed by atoms with Gasteiger partial charge in [0, 0.05) is 6.08 Å². The molecule has 0 aliphatic heterocycles. The predicted molar refractivity (Wildman–Crippen MR) is 34.7 cm³/mol. The molecular weight excluding hydrogens is 119 g/mol. The maximum atomic E-state index is 12.3. The molecule has 0 aromatic rings. The predicted octanol–water partition coefficient (Wildman–Crippen LogP) is 1.90. The Bertz CT molecular complexity index is 105. The first kappa shape index (κ1) is 8.38. The van der Waals surface area contributed by atoms with Crippen LogP contribution in [0.25, 0.3) is 0 Å². The van der Waals surface area contributed by atoms with E-state index >= 15 is 0 Å². The van der Waals surface area contributed by atoms with Gasteiger partial charge in [0.15, 0.2) is 0 Å². The largest absolute Gasteiger partial charge is 0.242 e. The summed E-state index contributed by atoms with van der Waals surface area (Å²) in [6.45, 7) is 1.98. The maximum Gasteiger partial charge on any atom is 0.129 e. The smallest absolute Gasteiger partial charge is 0.129 e. The standard InChI is InChI=1S/C7H11FO/c1-2-3-4-7(8)5-6-9/h5,7H,2-4H2,1H3. The molecule has 0 rings (SSSR count). The Labute approximate surface area is 54.6 Å². The number of allylic oxidation sites excluding steroid dienone is 1. The average Bonchev–Trinajstić information content (AvgIpc) is 1.85. The molecule has 1 unspecified atom stereocenters. The van der Waals surface area contributed by atoms with Crippen molar-refractivity contribution in [1.82, 2.24) is 0 Å². The lowest BCUT2D eigenvalue weighted by atomic mass is 10.2. The molecule has 2 heteroatoms. The van der Waals surface area contributed by atoms with Gasteiger partial charge >= 0.3 is 0 Å². The summed E-state index contributed by atoms with van der Waals surface area (Å²) in [5, 5.41) is 0. The second-order valence-corrected chi connectivity index (χ2v) is 1.94. The van der Waals surface area contributed by atoms with Crippen LogP contribution in [0.15, 0.2) is 6.08 Å². The second kappa shape index (κ2) is 5.52. The van der Waals surface area contributed by atoms with Crippen molar-refractivity contribution in [2.24, 2.45) is 0 Å². The lowest BCUT2D eigenvalue weighted by molar-refractivity contribution is 0.369. The van der Waals surface area contributed by atoms with Gasteiger partial charge < -0.3 is 0 Å². The number of hydrogen-bond acceptors (Lipinski definition) is 1. The first-order valence-corrected chi connectivity index (χ1v) is 3.16. The Hall–Kier alpha value is -0.620. The van der Waals surface area contributed by atoms with Gasteiger partial charge in [-0.15, -0.1) is 0 Å². The van der Waals surface area contributed by atoms with Crippen LogP contribution in [0, 0.1) is 0 Å². The summed E-state index contributed by atoms with van der Waals surface area (Å²) in [7, 11) is 0. The van der Waals surface area contributed by atoms with Gasteiger partial charge in [-0.05, 0) is 6.42 Å². The minimum atomic E-state index is -1.08. The Morgan fingerprint density at radius 2 is 2.44 bits per heavy atom. The van der Waals surface area contributed by atoms with E-state index in [1.54, 1.807) is 0 Å². The van der Waals surface area contributed by atoms with Crippen LogP contribution in [0.3, 0.4) is 0 Å². The molecule has 9 heavy (non-hydrogen) atoms. The lowest BCUT2D eigenvalue weighted by Gasteiger charge is -1.96. The van der Waals surface area contributed by atoms with Crippen LogP contribution in [0.4, 0.5) is 4.39 Å². The third-order valence-electron chi connectivity index (χ3n) is 1.08. The molecule has 0 heterocycles. The van der Waals surface area contributed by atoms with Crippen molar-refractivity contribution in [3.05, 3.63) is 6.08 Å². The van der Waals surface area contributed by atoms with E-state index in [9.17, 15) is 9.18 Å². The first-order chi connectivity index (χ1) is 4.31. The topological polar surface area (TPSA) is 17.1 Å². The fourth-order valence-corrected chi connectivity index (χ4v) is 0.556. The SMILES string of the molecule is CCCCC(F)C=C=O. The molecule has 52 valence electrons. The average molecular weight is 130 g/mol. The van der Waals surface area contributed by atoms with E-state index in [1.165, 1.54) is 5.94 Å². The minimum absolute atomic E-state index is 0.450. The van der Waals surface area contributed by atoms with Gasteiger partial charge in [-0.25, -0.2) is 9.18 Å². The van der Waals surface area contributed by atoms with Crippen molar-refractivity contribution in [2.45, 2.75) is 32.4 Å². The van der Waals surface area contributed by atoms with E-state index in [2.05, 4.69) is 0 Å². The molecule has 0 spiro atoms. The van der Waals surface area contributed by atoms with Crippen molar-refractivity contribution < 1.29 is 9.18 Å². The van der Waals surface area contributed by atoms with Crippen LogP contribution in [0.1, 0.15) is 26.2 Å². The normalized spacial score (nSPS) is 12.2. The molecule has 0 saturated heterocycles. The highest BCUT2D eigenvalue weighted by molar-refractivity contribution is 5.45.